The Morgan fingerprint density at radius 1 is 1.16 bits per heavy atom. The van der Waals surface area contributed by atoms with E-state index in [1.165, 1.54) is 30.3 Å². The summed E-state index contributed by atoms with van der Waals surface area (Å²) in [6.07, 6.45) is 4.08. The largest absolute Gasteiger partial charge is 0.393 e. The fourth-order valence-electron chi connectivity index (χ4n) is 6.70. The van der Waals surface area contributed by atoms with Gasteiger partial charge in [0, 0.05) is 24.2 Å². The maximum Gasteiger partial charge on any atom is 0.237 e. The molecule has 2 amide bonds. The van der Waals surface area contributed by atoms with E-state index in [2.05, 4.69) is 16.0 Å². The van der Waals surface area contributed by atoms with Crippen LogP contribution in [0.4, 0.5) is 14.5 Å². The fraction of sp³-hybridized carbons (Fsp3) is 0.500. The molecule has 6 nitrogen and oxygen atoms in total. The summed E-state index contributed by atoms with van der Waals surface area (Å²) < 4.78 is 29.2. The van der Waals surface area contributed by atoms with Crippen molar-refractivity contribution in [1.82, 2.24) is 10.6 Å². The van der Waals surface area contributed by atoms with Gasteiger partial charge in [-0.2, -0.15) is 0 Å². The first-order chi connectivity index (χ1) is 18.2. The van der Waals surface area contributed by atoms with Crippen LogP contribution in [0.5, 0.6) is 0 Å². The second kappa shape index (κ2) is 10.7. The lowest BCUT2D eigenvalue weighted by molar-refractivity contribution is -0.124. The second-order valence-corrected chi connectivity index (χ2v) is 11.4. The lowest BCUT2D eigenvalue weighted by atomic mass is 9.62. The monoisotopic (exact) mass is 565 g/mol. The van der Waals surface area contributed by atoms with Crippen molar-refractivity contribution in [1.29, 1.82) is 0 Å². The van der Waals surface area contributed by atoms with Gasteiger partial charge in [-0.05, 0) is 67.0 Å². The van der Waals surface area contributed by atoms with E-state index in [0.717, 1.165) is 25.7 Å². The van der Waals surface area contributed by atoms with Gasteiger partial charge in [0.2, 0.25) is 11.8 Å². The average Bonchev–Trinajstić information content (AvgIpc) is 3.60. The molecule has 2 aromatic rings. The number of carbonyl (C=O) groups excluding carboxylic acids is 2. The first kappa shape index (κ1) is 27.3. The van der Waals surface area contributed by atoms with E-state index >= 15 is 0 Å². The first-order valence-electron chi connectivity index (χ1n) is 13.2. The Morgan fingerprint density at radius 3 is 2.55 bits per heavy atom. The van der Waals surface area contributed by atoms with E-state index in [0.29, 0.717) is 29.7 Å². The quantitative estimate of drug-likeness (QED) is 0.378. The smallest absolute Gasteiger partial charge is 0.237 e. The number of hydrogen-bond acceptors (Lipinski definition) is 4. The molecule has 3 aliphatic rings. The third kappa shape index (κ3) is 4.49. The molecule has 2 fully saturated rings. The molecule has 2 aromatic carbocycles. The summed E-state index contributed by atoms with van der Waals surface area (Å²) in [6, 6.07) is 5.51. The van der Waals surface area contributed by atoms with Crippen molar-refractivity contribution in [2.24, 2.45) is 5.92 Å². The maximum atomic E-state index is 15.0. The van der Waals surface area contributed by atoms with Gasteiger partial charge in [-0.25, -0.2) is 8.78 Å². The molecule has 1 saturated heterocycles. The van der Waals surface area contributed by atoms with Crippen molar-refractivity contribution in [2.75, 3.05) is 11.9 Å². The van der Waals surface area contributed by atoms with Crippen LogP contribution in [0, 0.1) is 17.6 Å². The van der Waals surface area contributed by atoms with Gasteiger partial charge in [0.15, 0.2) is 0 Å². The Labute approximate surface area is 230 Å². The number of amides is 2. The third-order valence-corrected chi connectivity index (χ3v) is 9.09. The van der Waals surface area contributed by atoms with E-state index < -0.39 is 41.2 Å². The van der Waals surface area contributed by atoms with E-state index in [4.69, 9.17) is 23.2 Å². The predicted octanol–water partition coefficient (Wildman–Crippen LogP) is 5.05. The minimum Gasteiger partial charge on any atom is -0.393 e. The molecule has 0 unspecified atom stereocenters. The van der Waals surface area contributed by atoms with Crippen molar-refractivity contribution in [3.63, 3.8) is 0 Å². The van der Waals surface area contributed by atoms with E-state index in [1.807, 2.05) is 6.92 Å². The van der Waals surface area contributed by atoms with Crippen molar-refractivity contribution < 1.29 is 23.5 Å². The summed E-state index contributed by atoms with van der Waals surface area (Å²) >= 11 is 12.3. The van der Waals surface area contributed by atoms with Gasteiger partial charge in [-0.1, -0.05) is 49.0 Å². The van der Waals surface area contributed by atoms with E-state index in [-0.39, 0.29) is 34.3 Å². The summed E-state index contributed by atoms with van der Waals surface area (Å²) in [4.78, 5) is 27.8. The molecule has 1 spiro atoms. The number of anilines is 1. The molecule has 1 aliphatic carbocycles. The number of halogens is 4. The van der Waals surface area contributed by atoms with Gasteiger partial charge in [0.05, 0.1) is 22.2 Å². The average molecular weight is 566 g/mol. The molecular formula is C28H31Cl2F2N3O3. The van der Waals surface area contributed by atoms with Crippen molar-refractivity contribution in [3.05, 3.63) is 63.1 Å². The molecule has 0 bridgehead atoms. The molecule has 0 radical (unpaired) electrons. The minimum atomic E-state index is -1.36. The molecule has 4 N–H and O–H groups in total. The Bertz CT molecular complexity index is 1260. The number of rotatable bonds is 7. The number of benzene rings is 2. The van der Waals surface area contributed by atoms with Crippen LogP contribution in [-0.4, -0.2) is 41.7 Å². The zero-order valence-corrected chi connectivity index (χ0v) is 22.5. The summed E-state index contributed by atoms with van der Waals surface area (Å²) in [7, 11) is 0. The fourth-order valence-corrected chi connectivity index (χ4v) is 7.05. The SMILES string of the molecule is CC[C@@H](O)CCNC(=O)[C@@H]1N[C@H](C2CCCC2)[C@]2(C(=O)Nc3cc(Cl)c(F)cc32)[C@H]1c1ccc(F)c(Cl)c1. The highest BCUT2D eigenvalue weighted by Crippen LogP contribution is 2.58. The zero-order chi connectivity index (χ0) is 27.2. The molecular weight excluding hydrogens is 535 g/mol. The number of hydrogen-bond donors (Lipinski definition) is 4. The van der Waals surface area contributed by atoms with Crippen LogP contribution in [0.25, 0.3) is 0 Å². The standard InChI is InChI=1S/C28H31Cl2F2N3O3/c1-2-16(36)9-10-33-26(37)24-23(15-7-8-20(31)18(29)11-15)28(25(35-24)14-5-3-4-6-14)17-12-21(32)19(30)13-22(17)34-27(28)38/h7-8,11-14,16,23-25,35-36H,2-6,9-10H2,1H3,(H,33,37)(H,34,38)/t16-,23+,24-,25-,28-/m1/s1. The van der Waals surface area contributed by atoms with Crippen LogP contribution in [-0.2, 0) is 15.0 Å². The third-order valence-electron chi connectivity index (χ3n) is 8.51. The Balaban J connectivity index is 1.67. The Hall–Kier alpha value is -2.26. The van der Waals surface area contributed by atoms with Gasteiger partial charge in [-0.15, -0.1) is 0 Å². The van der Waals surface area contributed by atoms with E-state index in [1.54, 1.807) is 0 Å². The topological polar surface area (TPSA) is 90.5 Å². The number of aliphatic hydroxyl groups is 1. The number of aliphatic hydroxyl groups excluding tert-OH is 1. The van der Waals surface area contributed by atoms with Gasteiger partial charge < -0.3 is 21.1 Å². The second-order valence-electron chi connectivity index (χ2n) is 10.6. The first-order valence-corrected chi connectivity index (χ1v) is 13.9. The maximum absolute atomic E-state index is 15.0. The number of carbonyl (C=O) groups is 2. The van der Waals surface area contributed by atoms with Crippen LogP contribution in [0.3, 0.4) is 0 Å². The van der Waals surface area contributed by atoms with E-state index in [9.17, 15) is 23.5 Å². The highest BCUT2D eigenvalue weighted by atomic mass is 35.5. The predicted molar refractivity (Wildman–Crippen MR) is 142 cm³/mol. The number of nitrogens with one attached hydrogen (secondary N) is 3. The molecule has 204 valence electrons. The molecule has 5 atom stereocenters. The lowest BCUT2D eigenvalue weighted by Gasteiger charge is -2.37. The van der Waals surface area contributed by atoms with Crippen LogP contribution < -0.4 is 16.0 Å². The van der Waals surface area contributed by atoms with Gasteiger partial charge in [0.1, 0.15) is 17.0 Å². The Morgan fingerprint density at radius 2 is 1.87 bits per heavy atom. The molecule has 0 aromatic heterocycles. The molecule has 2 aliphatic heterocycles. The summed E-state index contributed by atoms with van der Waals surface area (Å²) in [6.45, 7) is 2.11. The lowest BCUT2D eigenvalue weighted by Crippen LogP contribution is -2.51. The molecule has 10 heteroatoms. The van der Waals surface area contributed by atoms with Crippen LogP contribution in [0.1, 0.15) is 62.5 Å². The summed E-state index contributed by atoms with van der Waals surface area (Å²) in [5, 5.41) is 19.0. The molecule has 38 heavy (non-hydrogen) atoms. The van der Waals surface area contributed by atoms with Crippen LogP contribution in [0.15, 0.2) is 30.3 Å². The summed E-state index contributed by atoms with van der Waals surface area (Å²) in [5.41, 5.74) is -0.0361. The normalized spacial score (nSPS) is 27.5. The molecule has 5 rings (SSSR count). The van der Waals surface area contributed by atoms with Crippen molar-refractivity contribution in [2.45, 2.75) is 75.0 Å². The number of fused-ring (bicyclic) bond motifs is 2. The van der Waals surface area contributed by atoms with Gasteiger partial charge >= 0.3 is 0 Å². The highest BCUT2D eigenvalue weighted by Gasteiger charge is 2.67. The zero-order valence-electron chi connectivity index (χ0n) is 21.0. The van der Waals surface area contributed by atoms with Gasteiger partial charge in [0.25, 0.3) is 0 Å². The van der Waals surface area contributed by atoms with Gasteiger partial charge in [-0.3, -0.25) is 9.59 Å². The minimum absolute atomic E-state index is 0.0589. The molecule has 1 saturated carbocycles. The van der Waals surface area contributed by atoms with Crippen LogP contribution in [0.2, 0.25) is 10.0 Å². The highest BCUT2D eigenvalue weighted by molar-refractivity contribution is 6.31. The summed E-state index contributed by atoms with van der Waals surface area (Å²) in [5.74, 6) is -2.75. The van der Waals surface area contributed by atoms with Crippen molar-refractivity contribution in [3.8, 4) is 0 Å². The molecule has 2 heterocycles. The Kier molecular flexibility index (Phi) is 7.70. The van der Waals surface area contributed by atoms with Crippen LogP contribution >= 0.6 is 23.2 Å². The van der Waals surface area contributed by atoms with Crippen molar-refractivity contribution >= 4 is 40.7 Å².